The van der Waals surface area contributed by atoms with E-state index in [1.165, 1.54) is 14.2 Å². The van der Waals surface area contributed by atoms with Gasteiger partial charge in [-0.25, -0.2) is 9.59 Å². The summed E-state index contributed by atoms with van der Waals surface area (Å²) >= 11 is 0. The standard InChI is InChI=1S/C14H18N2O4/c1-19-12-6-5-10(9-11(12)13(17)20-2)15-14(18)16-7-3-4-8-16/h5-6,9H,3-4,7-8H2,1-2H3,(H,15,18). The predicted octanol–water partition coefficient (Wildman–Crippen LogP) is 2.11. The Bertz CT molecular complexity index is 510. The smallest absolute Gasteiger partial charge is 0.341 e. The van der Waals surface area contributed by atoms with Crippen LogP contribution in [0.2, 0.25) is 0 Å². The van der Waals surface area contributed by atoms with Crippen LogP contribution in [-0.4, -0.2) is 44.2 Å². The van der Waals surface area contributed by atoms with Crippen LogP contribution in [0.15, 0.2) is 18.2 Å². The summed E-state index contributed by atoms with van der Waals surface area (Å²) in [5, 5.41) is 2.78. The van der Waals surface area contributed by atoms with Crippen molar-refractivity contribution in [2.45, 2.75) is 12.8 Å². The van der Waals surface area contributed by atoms with Gasteiger partial charge in [0.05, 0.1) is 14.2 Å². The molecule has 20 heavy (non-hydrogen) atoms. The molecule has 6 heteroatoms. The van der Waals surface area contributed by atoms with E-state index in [-0.39, 0.29) is 11.6 Å². The first-order valence-corrected chi connectivity index (χ1v) is 6.48. The molecule has 1 aromatic carbocycles. The molecule has 6 nitrogen and oxygen atoms in total. The molecule has 1 saturated heterocycles. The van der Waals surface area contributed by atoms with Gasteiger partial charge in [-0.05, 0) is 31.0 Å². The van der Waals surface area contributed by atoms with Crippen LogP contribution in [0.5, 0.6) is 5.75 Å². The number of anilines is 1. The Morgan fingerprint density at radius 1 is 1.20 bits per heavy atom. The number of rotatable bonds is 3. The van der Waals surface area contributed by atoms with Crippen LogP contribution in [0.1, 0.15) is 23.2 Å². The molecule has 1 N–H and O–H groups in total. The van der Waals surface area contributed by atoms with Gasteiger partial charge in [0.15, 0.2) is 0 Å². The molecule has 2 amide bonds. The third-order valence-corrected chi connectivity index (χ3v) is 3.25. The number of nitrogens with one attached hydrogen (secondary N) is 1. The number of amides is 2. The summed E-state index contributed by atoms with van der Waals surface area (Å²) < 4.78 is 9.80. The summed E-state index contributed by atoms with van der Waals surface area (Å²) in [5.74, 6) is -0.0878. The van der Waals surface area contributed by atoms with Crippen LogP contribution in [0, 0.1) is 0 Å². The Morgan fingerprint density at radius 2 is 1.90 bits per heavy atom. The van der Waals surface area contributed by atoms with Crippen molar-refractivity contribution < 1.29 is 19.1 Å². The Balaban J connectivity index is 2.15. The SMILES string of the molecule is COC(=O)c1cc(NC(=O)N2CCCC2)ccc1OC. The largest absolute Gasteiger partial charge is 0.496 e. The van der Waals surface area contributed by atoms with Crippen molar-refractivity contribution in [3.05, 3.63) is 23.8 Å². The monoisotopic (exact) mass is 278 g/mol. The lowest BCUT2D eigenvalue weighted by atomic mass is 10.2. The Labute approximate surface area is 117 Å². The van der Waals surface area contributed by atoms with E-state index in [9.17, 15) is 9.59 Å². The van der Waals surface area contributed by atoms with E-state index in [0.717, 1.165) is 25.9 Å². The highest BCUT2D eigenvalue weighted by Crippen LogP contribution is 2.24. The third-order valence-electron chi connectivity index (χ3n) is 3.25. The van der Waals surface area contributed by atoms with E-state index >= 15 is 0 Å². The van der Waals surface area contributed by atoms with Crippen molar-refractivity contribution in [3.8, 4) is 5.75 Å². The molecule has 0 aliphatic carbocycles. The summed E-state index contributed by atoms with van der Waals surface area (Å²) in [6.07, 6.45) is 2.06. The molecule has 2 rings (SSSR count). The molecule has 0 bridgehead atoms. The molecule has 1 heterocycles. The van der Waals surface area contributed by atoms with Gasteiger partial charge in [-0.3, -0.25) is 0 Å². The zero-order valence-electron chi connectivity index (χ0n) is 11.6. The van der Waals surface area contributed by atoms with E-state index in [1.54, 1.807) is 23.1 Å². The van der Waals surface area contributed by atoms with Gasteiger partial charge in [-0.1, -0.05) is 0 Å². The second kappa shape index (κ2) is 6.27. The van der Waals surface area contributed by atoms with Gasteiger partial charge in [0.1, 0.15) is 11.3 Å². The van der Waals surface area contributed by atoms with E-state index in [4.69, 9.17) is 9.47 Å². The van der Waals surface area contributed by atoms with Crippen LogP contribution < -0.4 is 10.1 Å². The van der Waals surface area contributed by atoms with Gasteiger partial charge in [-0.2, -0.15) is 0 Å². The average Bonchev–Trinajstić information content (AvgIpc) is 3.00. The second-order valence-corrected chi connectivity index (χ2v) is 4.53. The number of esters is 1. The number of methoxy groups -OCH3 is 2. The number of carbonyl (C=O) groups excluding carboxylic acids is 2. The first-order chi connectivity index (χ1) is 9.65. The number of hydrogen-bond donors (Lipinski definition) is 1. The van der Waals surface area contributed by atoms with Gasteiger partial charge >= 0.3 is 12.0 Å². The molecular formula is C14H18N2O4. The highest BCUT2D eigenvalue weighted by Gasteiger charge is 2.19. The minimum Gasteiger partial charge on any atom is -0.496 e. The number of benzene rings is 1. The third kappa shape index (κ3) is 3.01. The average molecular weight is 278 g/mol. The van der Waals surface area contributed by atoms with Crippen molar-refractivity contribution >= 4 is 17.7 Å². The summed E-state index contributed by atoms with van der Waals surface area (Å²) in [7, 11) is 2.78. The van der Waals surface area contributed by atoms with Crippen molar-refractivity contribution in [1.82, 2.24) is 4.90 Å². The number of hydrogen-bond acceptors (Lipinski definition) is 4. The zero-order valence-corrected chi connectivity index (χ0v) is 11.6. The molecule has 0 spiro atoms. The number of carbonyl (C=O) groups is 2. The molecule has 1 aromatic rings. The molecule has 1 aliphatic rings. The highest BCUT2D eigenvalue weighted by atomic mass is 16.5. The molecular weight excluding hydrogens is 260 g/mol. The van der Waals surface area contributed by atoms with Gasteiger partial charge < -0.3 is 19.7 Å². The van der Waals surface area contributed by atoms with E-state index < -0.39 is 5.97 Å². The van der Waals surface area contributed by atoms with E-state index in [2.05, 4.69) is 5.32 Å². The minimum absolute atomic E-state index is 0.150. The molecule has 0 atom stereocenters. The lowest BCUT2D eigenvalue weighted by Crippen LogP contribution is -2.32. The molecule has 0 saturated carbocycles. The molecule has 1 fully saturated rings. The second-order valence-electron chi connectivity index (χ2n) is 4.53. The quantitative estimate of drug-likeness (QED) is 0.860. The molecule has 108 valence electrons. The van der Waals surface area contributed by atoms with Gasteiger partial charge in [0.25, 0.3) is 0 Å². The van der Waals surface area contributed by atoms with Crippen molar-refractivity contribution in [3.63, 3.8) is 0 Å². The minimum atomic E-state index is -0.501. The molecule has 1 aliphatic heterocycles. The number of likely N-dealkylation sites (tertiary alicyclic amines) is 1. The number of urea groups is 1. The summed E-state index contributed by atoms with van der Waals surface area (Å²) in [6, 6.07) is 4.73. The lowest BCUT2D eigenvalue weighted by Gasteiger charge is -2.17. The zero-order chi connectivity index (χ0) is 14.5. The van der Waals surface area contributed by atoms with Crippen molar-refractivity contribution in [1.29, 1.82) is 0 Å². The van der Waals surface area contributed by atoms with Crippen LogP contribution in [0.25, 0.3) is 0 Å². The number of nitrogens with zero attached hydrogens (tertiary/aromatic N) is 1. The molecule has 0 unspecified atom stereocenters. The maximum absolute atomic E-state index is 12.0. The van der Waals surface area contributed by atoms with Crippen LogP contribution in [-0.2, 0) is 4.74 Å². The molecule has 0 radical (unpaired) electrons. The number of ether oxygens (including phenoxy) is 2. The fourth-order valence-electron chi connectivity index (χ4n) is 2.18. The maximum Gasteiger partial charge on any atom is 0.341 e. The molecule has 0 aromatic heterocycles. The summed E-state index contributed by atoms with van der Waals surface area (Å²) in [6.45, 7) is 1.54. The maximum atomic E-state index is 12.0. The fourth-order valence-corrected chi connectivity index (χ4v) is 2.18. The van der Waals surface area contributed by atoms with E-state index in [0.29, 0.717) is 11.4 Å². The fraction of sp³-hybridized carbons (Fsp3) is 0.429. The topological polar surface area (TPSA) is 67.9 Å². The van der Waals surface area contributed by atoms with Crippen molar-refractivity contribution in [2.24, 2.45) is 0 Å². The Morgan fingerprint density at radius 3 is 2.50 bits per heavy atom. The van der Waals surface area contributed by atoms with E-state index in [1.807, 2.05) is 0 Å². The highest BCUT2D eigenvalue weighted by molar-refractivity contribution is 5.96. The normalized spacial score (nSPS) is 14.0. The first-order valence-electron chi connectivity index (χ1n) is 6.48. The Hall–Kier alpha value is -2.24. The van der Waals surface area contributed by atoms with Crippen molar-refractivity contribution in [2.75, 3.05) is 32.6 Å². The lowest BCUT2D eigenvalue weighted by molar-refractivity contribution is 0.0597. The van der Waals surface area contributed by atoms with Gasteiger partial charge in [-0.15, -0.1) is 0 Å². The van der Waals surface area contributed by atoms with Crippen LogP contribution in [0.4, 0.5) is 10.5 Å². The first kappa shape index (κ1) is 14.2. The summed E-state index contributed by atoms with van der Waals surface area (Å²) in [4.78, 5) is 25.4. The Kier molecular flexibility index (Phi) is 4.45. The van der Waals surface area contributed by atoms with Crippen LogP contribution >= 0.6 is 0 Å². The van der Waals surface area contributed by atoms with Gasteiger partial charge in [0.2, 0.25) is 0 Å². The summed E-state index contributed by atoms with van der Waals surface area (Å²) in [5.41, 5.74) is 0.831. The van der Waals surface area contributed by atoms with Crippen LogP contribution in [0.3, 0.4) is 0 Å². The predicted molar refractivity (Wildman–Crippen MR) is 74.2 cm³/mol. The van der Waals surface area contributed by atoms with Gasteiger partial charge in [0, 0.05) is 18.8 Å².